The molecule has 0 radical (unpaired) electrons. The van der Waals surface area contributed by atoms with Crippen LogP contribution in [0.25, 0.3) is 0 Å². The topological polar surface area (TPSA) is 26.3 Å². The first-order valence-corrected chi connectivity index (χ1v) is 6.67. The summed E-state index contributed by atoms with van der Waals surface area (Å²) in [6.07, 6.45) is -8.39. The monoisotopic (exact) mass is 360 g/mol. The standard InChI is InChI=1S/C15H15F7O2/c1-9(23)10-6-4-5-7-11(10)12(2,24-3)8-13(16,17)14(18,19)15(20,21)22/h4-7H,8H2,1-3H3. The number of Topliss-reactive ketones (excluding diaryl/α,β-unsaturated/α-hetero) is 1. The van der Waals surface area contributed by atoms with Gasteiger partial charge in [0.1, 0.15) is 0 Å². The molecule has 1 rings (SSSR count). The van der Waals surface area contributed by atoms with E-state index < -0.39 is 35.8 Å². The highest BCUT2D eigenvalue weighted by atomic mass is 19.4. The Morgan fingerprint density at radius 2 is 1.54 bits per heavy atom. The van der Waals surface area contributed by atoms with Gasteiger partial charge in [0.05, 0.1) is 12.0 Å². The molecule has 136 valence electrons. The lowest BCUT2D eigenvalue weighted by molar-refractivity contribution is -0.362. The van der Waals surface area contributed by atoms with Gasteiger partial charge in [0.25, 0.3) is 0 Å². The van der Waals surface area contributed by atoms with Crippen molar-refractivity contribution in [3.63, 3.8) is 0 Å². The molecule has 0 N–H and O–H groups in total. The molecule has 0 saturated carbocycles. The second kappa shape index (κ2) is 6.34. The minimum absolute atomic E-state index is 0.104. The smallest absolute Gasteiger partial charge is 0.374 e. The third-order valence-electron chi connectivity index (χ3n) is 3.70. The van der Waals surface area contributed by atoms with Gasteiger partial charge in [-0.05, 0) is 19.4 Å². The Kier molecular flexibility index (Phi) is 5.39. The Balaban J connectivity index is 3.39. The van der Waals surface area contributed by atoms with Crippen LogP contribution in [0.15, 0.2) is 24.3 Å². The minimum Gasteiger partial charge on any atom is -0.374 e. The van der Waals surface area contributed by atoms with Crippen LogP contribution in [-0.4, -0.2) is 30.9 Å². The molecule has 1 unspecified atom stereocenters. The lowest BCUT2D eigenvalue weighted by Crippen LogP contribution is -2.54. The Labute approximate surface area is 133 Å². The number of ether oxygens (including phenoxy) is 1. The quantitative estimate of drug-likeness (QED) is 0.529. The van der Waals surface area contributed by atoms with Gasteiger partial charge in [-0.1, -0.05) is 24.3 Å². The number of alkyl halides is 7. The molecule has 0 aliphatic rings. The lowest BCUT2D eigenvalue weighted by Gasteiger charge is -2.36. The number of hydrogen-bond acceptors (Lipinski definition) is 2. The van der Waals surface area contributed by atoms with Gasteiger partial charge in [-0.3, -0.25) is 4.79 Å². The summed E-state index contributed by atoms with van der Waals surface area (Å²) in [6, 6.07) is 5.15. The van der Waals surface area contributed by atoms with Crippen molar-refractivity contribution < 1.29 is 40.3 Å². The molecule has 0 spiro atoms. The number of benzene rings is 1. The van der Waals surface area contributed by atoms with Crippen LogP contribution in [0.1, 0.15) is 36.2 Å². The second-order valence-electron chi connectivity index (χ2n) is 5.49. The van der Waals surface area contributed by atoms with E-state index in [-0.39, 0.29) is 11.1 Å². The van der Waals surface area contributed by atoms with Crippen molar-refractivity contribution in [3.8, 4) is 0 Å². The van der Waals surface area contributed by atoms with Crippen LogP contribution in [0.3, 0.4) is 0 Å². The van der Waals surface area contributed by atoms with Gasteiger partial charge in [0.15, 0.2) is 5.78 Å². The third kappa shape index (κ3) is 3.55. The zero-order valence-electron chi connectivity index (χ0n) is 13.0. The molecule has 1 aromatic carbocycles. The van der Waals surface area contributed by atoms with Crippen LogP contribution in [0, 0.1) is 0 Å². The van der Waals surface area contributed by atoms with E-state index in [9.17, 15) is 35.5 Å². The first-order valence-electron chi connectivity index (χ1n) is 6.67. The highest BCUT2D eigenvalue weighted by Gasteiger charge is 2.73. The summed E-state index contributed by atoms with van der Waals surface area (Å²) in [7, 11) is 0.888. The fraction of sp³-hybridized carbons (Fsp3) is 0.533. The molecule has 9 heteroatoms. The van der Waals surface area contributed by atoms with E-state index in [1.54, 1.807) is 0 Å². The summed E-state index contributed by atoms with van der Waals surface area (Å²) in [4.78, 5) is 11.6. The van der Waals surface area contributed by atoms with E-state index >= 15 is 0 Å². The van der Waals surface area contributed by atoms with Crippen LogP contribution < -0.4 is 0 Å². The van der Waals surface area contributed by atoms with Crippen molar-refractivity contribution >= 4 is 5.78 Å². The first-order chi connectivity index (χ1) is 10.7. The summed E-state index contributed by atoms with van der Waals surface area (Å²) >= 11 is 0. The van der Waals surface area contributed by atoms with Gasteiger partial charge >= 0.3 is 18.0 Å². The van der Waals surface area contributed by atoms with Crippen molar-refractivity contribution in [2.45, 2.75) is 43.9 Å². The number of carbonyl (C=O) groups excluding carboxylic acids is 1. The summed E-state index contributed by atoms with van der Waals surface area (Å²) in [5.41, 5.74) is -2.54. The second-order valence-corrected chi connectivity index (χ2v) is 5.49. The molecule has 0 aliphatic carbocycles. The van der Waals surface area contributed by atoms with Crippen molar-refractivity contribution in [1.29, 1.82) is 0 Å². The molecular formula is C15H15F7O2. The minimum atomic E-state index is -6.43. The molecule has 1 aromatic rings. The largest absolute Gasteiger partial charge is 0.459 e. The van der Waals surface area contributed by atoms with Crippen molar-refractivity contribution in [2.75, 3.05) is 7.11 Å². The summed E-state index contributed by atoms with van der Waals surface area (Å²) in [5.74, 6) is -12.3. The van der Waals surface area contributed by atoms with Crippen LogP contribution in [0.4, 0.5) is 30.7 Å². The molecule has 24 heavy (non-hydrogen) atoms. The van der Waals surface area contributed by atoms with E-state index in [2.05, 4.69) is 0 Å². The molecule has 0 aromatic heterocycles. The van der Waals surface area contributed by atoms with Crippen molar-refractivity contribution in [1.82, 2.24) is 0 Å². The lowest BCUT2D eigenvalue weighted by atomic mass is 9.83. The zero-order chi connectivity index (χ0) is 19.0. The number of ketones is 1. The summed E-state index contributed by atoms with van der Waals surface area (Å²) < 4.78 is 95.5. The van der Waals surface area contributed by atoms with Crippen LogP contribution >= 0.6 is 0 Å². The van der Waals surface area contributed by atoms with Gasteiger partial charge in [0, 0.05) is 12.7 Å². The Morgan fingerprint density at radius 3 is 1.96 bits per heavy atom. The average molecular weight is 360 g/mol. The molecule has 2 nitrogen and oxygen atoms in total. The number of methoxy groups -OCH3 is 1. The average Bonchev–Trinajstić information content (AvgIpc) is 2.45. The molecule has 0 fully saturated rings. The molecule has 0 saturated heterocycles. The van der Waals surface area contributed by atoms with Crippen LogP contribution in [-0.2, 0) is 10.3 Å². The summed E-state index contributed by atoms with van der Waals surface area (Å²) in [5, 5.41) is 0. The van der Waals surface area contributed by atoms with Crippen molar-refractivity contribution in [3.05, 3.63) is 35.4 Å². The molecule has 1 atom stereocenters. The fourth-order valence-corrected chi connectivity index (χ4v) is 2.27. The van der Waals surface area contributed by atoms with E-state index in [1.165, 1.54) is 24.3 Å². The maximum absolute atomic E-state index is 13.8. The van der Waals surface area contributed by atoms with Crippen molar-refractivity contribution in [2.24, 2.45) is 0 Å². The first kappa shape index (κ1) is 20.4. The van der Waals surface area contributed by atoms with Gasteiger partial charge in [-0.2, -0.15) is 30.7 Å². The summed E-state index contributed by atoms with van der Waals surface area (Å²) in [6.45, 7) is 2.03. The predicted molar refractivity (Wildman–Crippen MR) is 71.4 cm³/mol. The molecule has 0 heterocycles. The fourth-order valence-electron chi connectivity index (χ4n) is 2.27. The number of carbonyl (C=O) groups is 1. The third-order valence-corrected chi connectivity index (χ3v) is 3.70. The van der Waals surface area contributed by atoms with Gasteiger partial charge in [0.2, 0.25) is 0 Å². The molecule has 0 aliphatic heterocycles. The maximum atomic E-state index is 13.8. The normalized spacial score (nSPS) is 15.9. The Bertz CT molecular complexity index is 610. The molecular weight excluding hydrogens is 345 g/mol. The van der Waals surface area contributed by atoms with E-state index in [0.717, 1.165) is 21.0 Å². The highest BCUT2D eigenvalue weighted by molar-refractivity contribution is 5.95. The predicted octanol–water partition coefficient (Wildman–Crippen LogP) is 4.97. The number of hydrogen-bond donors (Lipinski definition) is 0. The van der Waals surface area contributed by atoms with Crippen LogP contribution in [0.5, 0.6) is 0 Å². The number of rotatable bonds is 6. The highest BCUT2D eigenvalue weighted by Crippen LogP contribution is 2.51. The van der Waals surface area contributed by atoms with Gasteiger partial charge in [-0.25, -0.2) is 0 Å². The number of halogens is 7. The SMILES string of the molecule is COC(C)(CC(F)(F)C(F)(F)C(F)(F)F)c1ccccc1C(C)=O. The van der Waals surface area contributed by atoms with Crippen LogP contribution in [0.2, 0.25) is 0 Å². The zero-order valence-corrected chi connectivity index (χ0v) is 13.0. The van der Waals surface area contributed by atoms with E-state index in [1.807, 2.05) is 0 Å². The molecule has 0 bridgehead atoms. The maximum Gasteiger partial charge on any atom is 0.459 e. The van der Waals surface area contributed by atoms with Gasteiger partial charge in [-0.15, -0.1) is 0 Å². The van der Waals surface area contributed by atoms with E-state index in [0.29, 0.717) is 0 Å². The Morgan fingerprint density at radius 1 is 1.04 bits per heavy atom. The molecule has 0 amide bonds. The van der Waals surface area contributed by atoms with Gasteiger partial charge < -0.3 is 4.74 Å². The van der Waals surface area contributed by atoms with E-state index in [4.69, 9.17) is 4.74 Å². The Hall–Kier alpha value is -1.64.